The molecule has 3 N–H and O–H groups in total. The number of nitrogen functional groups attached to an aromatic ring is 1. The Morgan fingerprint density at radius 2 is 2.05 bits per heavy atom. The summed E-state index contributed by atoms with van der Waals surface area (Å²) in [5.41, 5.74) is 3.35. The number of hydrazine groups is 1. The molecule has 0 unspecified atom stereocenters. The van der Waals surface area contributed by atoms with Gasteiger partial charge in [0.15, 0.2) is 0 Å². The number of rotatable bonds is 4. The molecule has 0 atom stereocenters. The predicted octanol–water partition coefficient (Wildman–Crippen LogP) is 0.636. The van der Waals surface area contributed by atoms with Gasteiger partial charge in [-0.25, -0.2) is 10.6 Å². The summed E-state index contributed by atoms with van der Waals surface area (Å²) in [7, 11) is 0. The van der Waals surface area contributed by atoms with Crippen LogP contribution >= 0.6 is 0 Å². The van der Waals surface area contributed by atoms with Crippen LogP contribution in [0.4, 0.5) is 0 Å². The molecule has 1 fully saturated rings. The molecule has 0 bridgehead atoms. The van der Waals surface area contributed by atoms with Crippen LogP contribution in [0.15, 0.2) is 41.5 Å². The van der Waals surface area contributed by atoms with E-state index in [1.807, 2.05) is 18.3 Å². The summed E-state index contributed by atoms with van der Waals surface area (Å²) in [4.78, 5) is 23.9. The molecule has 20 heavy (non-hydrogen) atoms. The Labute approximate surface area is 115 Å². The van der Waals surface area contributed by atoms with E-state index in [9.17, 15) is 9.59 Å². The van der Waals surface area contributed by atoms with Gasteiger partial charge >= 0.3 is 5.69 Å². The zero-order valence-corrected chi connectivity index (χ0v) is 11.0. The molecule has 1 aromatic carbocycles. The molecule has 0 saturated heterocycles. The fourth-order valence-electron chi connectivity index (χ4n) is 2.32. The summed E-state index contributed by atoms with van der Waals surface area (Å²) in [6.45, 7) is 0.363. The molecule has 3 rings (SSSR count). The van der Waals surface area contributed by atoms with E-state index >= 15 is 0 Å². The lowest BCUT2D eigenvalue weighted by Crippen LogP contribution is -2.31. The number of benzene rings is 1. The Morgan fingerprint density at radius 1 is 1.30 bits per heavy atom. The number of nitrogens with two attached hydrogens (primary N) is 1. The van der Waals surface area contributed by atoms with Crippen LogP contribution in [0.5, 0.6) is 0 Å². The molecule has 2 aromatic rings. The Balaban J connectivity index is 1.91. The maximum absolute atomic E-state index is 12.2. The minimum absolute atomic E-state index is 0.0320. The third-order valence-corrected chi connectivity index (χ3v) is 3.55. The van der Waals surface area contributed by atoms with Gasteiger partial charge in [0, 0.05) is 24.0 Å². The molecule has 1 aromatic heterocycles. The highest BCUT2D eigenvalue weighted by molar-refractivity contribution is 5.95. The van der Waals surface area contributed by atoms with Crippen molar-refractivity contribution in [2.45, 2.75) is 25.4 Å². The van der Waals surface area contributed by atoms with E-state index in [1.54, 1.807) is 27.5 Å². The Kier molecular flexibility index (Phi) is 3.15. The van der Waals surface area contributed by atoms with Crippen molar-refractivity contribution in [3.63, 3.8) is 0 Å². The number of amides is 1. The molecular weight excluding hydrogens is 256 g/mol. The monoisotopic (exact) mass is 272 g/mol. The van der Waals surface area contributed by atoms with Gasteiger partial charge in [-0.2, -0.15) is 0 Å². The van der Waals surface area contributed by atoms with Crippen LogP contribution in [0.25, 0.3) is 0 Å². The zero-order chi connectivity index (χ0) is 14.1. The molecule has 1 saturated carbocycles. The van der Waals surface area contributed by atoms with Crippen LogP contribution in [-0.2, 0) is 6.54 Å². The third-order valence-electron chi connectivity index (χ3n) is 3.55. The SMILES string of the molecule is NNC(=O)c1ccccc1Cn1ccn(C2CC2)c1=O. The number of hydrogen-bond acceptors (Lipinski definition) is 3. The highest BCUT2D eigenvalue weighted by Crippen LogP contribution is 2.33. The first kappa shape index (κ1) is 12.7. The molecule has 1 amide bonds. The number of imidazole rings is 1. The smallest absolute Gasteiger partial charge is 0.296 e. The average molecular weight is 272 g/mol. The number of carbonyl (C=O) groups excluding carboxylic acids is 1. The number of nitrogens with zero attached hydrogens (tertiary/aromatic N) is 2. The molecule has 1 heterocycles. The van der Waals surface area contributed by atoms with Gasteiger partial charge in [0.2, 0.25) is 0 Å². The maximum Gasteiger partial charge on any atom is 0.328 e. The topological polar surface area (TPSA) is 82.0 Å². The lowest BCUT2D eigenvalue weighted by atomic mass is 10.1. The highest BCUT2D eigenvalue weighted by Gasteiger charge is 2.25. The molecule has 6 nitrogen and oxygen atoms in total. The molecule has 0 spiro atoms. The van der Waals surface area contributed by atoms with Crippen molar-refractivity contribution in [3.05, 3.63) is 58.3 Å². The van der Waals surface area contributed by atoms with E-state index in [1.165, 1.54) is 0 Å². The fraction of sp³-hybridized carbons (Fsp3) is 0.286. The van der Waals surface area contributed by atoms with Gasteiger partial charge in [-0.1, -0.05) is 18.2 Å². The van der Waals surface area contributed by atoms with E-state index < -0.39 is 0 Å². The van der Waals surface area contributed by atoms with Crippen LogP contribution in [0.1, 0.15) is 34.8 Å². The summed E-state index contributed by atoms with van der Waals surface area (Å²) < 4.78 is 3.37. The third kappa shape index (κ3) is 2.25. The zero-order valence-electron chi connectivity index (χ0n) is 11.0. The van der Waals surface area contributed by atoms with Gasteiger partial charge in [-0.05, 0) is 24.5 Å². The summed E-state index contributed by atoms with van der Waals surface area (Å²) in [6, 6.07) is 7.48. The van der Waals surface area contributed by atoms with Crippen LogP contribution in [0.3, 0.4) is 0 Å². The van der Waals surface area contributed by atoms with E-state index in [2.05, 4.69) is 5.43 Å². The standard InChI is InChI=1S/C14H16N4O2/c15-16-13(19)12-4-2-1-3-10(12)9-17-7-8-18(14(17)20)11-5-6-11/h1-4,7-8,11H,5-6,9,15H2,(H,16,19). The minimum atomic E-state index is -0.352. The van der Waals surface area contributed by atoms with Crippen molar-refractivity contribution in [2.24, 2.45) is 5.84 Å². The lowest BCUT2D eigenvalue weighted by molar-refractivity contribution is 0.0952. The van der Waals surface area contributed by atoms with Gasteiger partial charge in [-0.15, -0.1) is 0 Å². The van der Waals surface area contributed by atoms with Gasteiger partial charge in [-0.3, -0.25) is 19.4 Å². The van der Waals surface area contributed by atoms with Crippen molar-refractivity contribution < 1.29 is 4.79 Å². The van der Waals surface area contributed by atoms with Crippen LogP contribution in [-0.4, -0.2) is 15.0 Å². The van der Waals surface area contributed by atoms with Crippen molar-refractivity contribution in [2.75, 3.05) is 0 Å². The predicted molar refractivity (Wildman–Crippen MR) is 74.2 cm³/mol. The second kappa shape index (κ2) is 4.97. The van der Waals surface area contributed by atoms with Gasteiger partial charge in [0.05, 0.1) is 6.54 Å². The van der Waals surface area contributed by atoms with Crippen molar-refractivity contribution in [1.29, 1.82) is 0 Å². The first-order valence-electron chi connectivity index (χ1n) is 6.57. The van der Waals surface area contributed by atoms with Crippen molar-refractivity contribution in [1.82, 2.24) is 14.6 Å². The number of hydrogen-bond donors (Lipinski definition) is 2. The number of aromatic nitrogens is 2. The summed E-state index contributed by atoms with van der Waals surface area (Å²) >= 11 is 0. The van der Waals surface area contributed by atoms with E-state index in [0.717, 1.165) is 18.4 Å². The lowest BCUT2D eigenvalue weighted by Gasteiger charge is -2.08. The second-order valence-electron chi connectivity index (χ2n) is 4.98. The molecule has 1 aliphatic rings. The molecule has 0 radical (unpaired) electrons. The van der Waals surface area contributed by atoms with E-state index in [0.29, 0.717) is 18.2 Å². The van der Waals surface area contributed by atoms with Gasteiger partial charge < -0.3 is 0 Å². The summed E-state index contributed by atoms with van der Waals surface area (Å²) in [5, 5.41) is 0. The minimum Gasteiger partial charge on any atom is -0.296 e. The second-order valence-corrected chi connectivity index (χ2v) is 4.98. The van der Waals surface area contributed by atoms with Gasteiger partial charge in [0.25, 0.3) is 5.91 Å². The van der Waals surface area contributed by atoms with Gasteiger partial charge in [0.1, 0.15) is 0 Å². The molecule has 104 valence electrons. The molecular formula is C14H16N4O2. The first-order valence-corrected chi connectivity index (χ1v) is 6.57. The molecule has 0 aliphatic heterocycles. The fourth-order valence-corrected chi connectivity index (χ4v) is 2.32. The average Bonchev–Trinajstić information content (AvgIpc) is 3.25. The highest BCUT2D eigenvalue weighted by atomic mass is 16.2. The Bertz CT molecular complexity index is 697. The van der Waals surface area contributed by atoms with Crippen LogP contribution < -0.4 is 17.0 Å². The molecule has 1 aliphatic carbocycles. The number of nitrogens with one attached hydrogen (secondary N) is 1. The Hall–Kier alpha value is -2.34. The normalized spacial score (nSPS) is 14.2. The maximum atomic E-state index is 12.2. The van der Waals surface area contributed by atoms with Crippen molar-refractivity contribution >= 4 is 5.91 Å². The van der Waals surface area contributed by atoms with E-state index in [-0.39, 0.29) is 11.6 Å². The largest absolute Gasteiger partial charge is 0.328 e. The number of carbonyl (C=O) groups is 1. The van der Waals surface area contributed by atoms with Crippen LogP contribution in [0.2, 0.25) is 0 Å². The first-order chi connectivity index (χ1) is 9.70. The Morgan fingerprint density at radius 3 is 2.75 bits per heavy atom. The molecule has 6 heteroatoms. The van der Waals surface area contributed by atoms with Crippen molar-refractivity contribution in [3.8, 4) is 0 Å². The van der Waals surface area contributed by atoms with E-state index in [4.69, 9.17) is 5.84 Å². The summed E-state index contributed by atoms with van der Waals surface area (Å²) in [6.07, 6.45) is 5.70. The summed E-state index contributed by atoms with van der Waals surface area (Å²) in [5.74, 6) is 4.82. The quantitative estimate of drug-likeness (QED) is 0.487. The van der Waals surface area contributed by atoms with Crippen LogP contribution in [0, 0.1) is 0 Å².